The Morgan fingerprint density at radius 2 is 1.73 bits per heavy atom. The average molecular weight is 740 g/mol. The van der Waals surface area contributed by atoms with E-state index < -0.39 is 18.0 Å². The fourth-order valence-corrected chi connectivity index (χ4v) is 6.56. The average Bonchev–Trinajstić information content (AvgIpc) is 3.37. The number of hydrogen-bond donors (Lipinski definition) is 0. The minimum Gasteiger partial charge on any atom is -0.490 e. The number of carbonyl (C=O) groups excluding carboxylic acids is 2. The number of fused-ring (bicyclic) bond motifs is 1. The molecule has 0 saturated heterocycles. The lowest BCUT2D eigenvalue weighted by Gasteiger charge is -2.25. The summed E-state index contributed by atoms with van der Waals surface area (Å²) in [6.07, 6.45) is 1.74. The molecule has 0 fully saturated rings. The van der Waals surface area contributed by atoms with E-state index >= 15 is 0 Å². The predicted molar refractivity (Wildman–Crippen MR) is 180 cm³/mol. The maximum absolute atomic E-state index is 14.1. The number of rotatable bonds is 12. The predicted octanol–water partition coefficient (Wildman–Crippen LogP) is 5.23. The molecule has 0 saturated carbocycles. The third kappa shape index (κ3) is 7.69. The van der Waals surface area contributed by atoms with Crippen LogP contribution < -0.4 is 29.1 Å². The molecule has 0 radical (unpaired) electrons. The first kappa shape index (κ1) is 34.6. The number of aromatic nitrogens is 1. The summed E-state index contributed by atoms with van der Waals surface area (Å²) < 4.78 is 43.2. The van der Waals surface area contributed by atoms with E-state index in [0.717, 1.165) is 11.1 Å². The third-order valence-corrected chi connectivity index (χ3v) is 8.84. The van der Waals surface area contributed by atoms with E-state index in [0.29, 0.717) is 48.9 Å². The number of esters is 2. The van der Waals surface area contributed by atoms with Gasteiger partial charge in [0, 0.05) is 0 Å². The fourth-order valence-electron chi connectivity index (χ4n) is 5.00. The van der Waals surface area contributed by atoms with Crippen molar-refractivity contribution in [2.75, 3.05) is 26.9 Å². The topological polar surface area (TPSA) is 115 Å². The first-order valence-corrected chi connectivity index (χ1v) is 16.6. The molecule has 2 heterocycles. The minimum atomic E-state index is -0.884. The number of nitrogens with zero attached hydrogens (tertiary/aromatic N) is 2. The maximum atomic E-state index is 14.1. The molecule has 3 aromatic carbocycles. The summed E-state index contributed by atoms with van der Waals surface area (Å²) in [6.45, 7) is 5.57. The summed E-state index contributed by atoms with van der Waals surface area (Å²) in [7, 11) is 1.26. The highest BCUT2D eigenvalue weighted by Crippen LogP contribution is 2.36. The van der Waals surface area contributed by atoms with Crippen LogP contribution in [-0.4, -0.2) is 43.4 Å². The van der Waals surface area contributed by atoms with E-state index in [1.165, 1.54) is 35.1 Å². The van der Waals surface area contributed by atoms with E-state index in [2.05, 4.69) is 25.7 Å². The fraction of sp³-hybridized carbons (Fsp3) is 0.257. The first-order valence-electron chi connectivity index (χ1n) is 15.0. The number of ether oxygens (including phenoxy) is 5. The van der Waals surface area contributed by atoms with Crippen LogP contribution in [0.4, 0.5) is 4.39 Å². The van der Waals surface area contributed by atoms with Crippen LogP contribution in [0.25, 0.3) is 6.08 Å². The number of allylic oxidation sites excluding steroid dienone is 1. The lowest BCUT2D eigenvalue weighted by atomic mass is 9.95. The summed E-state index contributed by atoms with van der Waals surface area (Å²) in [4.78, 5) is 44.2. The van der Waals surface area contributed by atoms with Gasteiger partial charge < -0.3 is 23.7 Å². The number of benzene rings is 3. The van der Waals surface area contributed by atoms with Crippen LogP contribution in [0.15, 0.2) is 86.2 Å². The van der Waals surface area contributed by atoms with Gasteiger partial charge >= 0.3 is 11.9 Å². The van der Waals surface area contributed by atoms with Crippen LogP contribution in [0.3, 0.4) is 0 Å². The molecule has 4 aromatic rings. The van der Waals surface area contributed by atoms with E-state index in [1.807, 2.05) is 12.1 Å². The molecule has 1 atom stereocenters. The summed E-state index contributed by atoms with van der Waals surface area (Å²) in [5, 5.41) is 0. The summed E-state index contributed by atoms with van der Waals surface area (Å²) in [5.74, 6) is -0.267. The summed E-state index contributed by atoms with van der Waals surface area (Å²) >= 11 is 4.74. The molecule has 10 nitrogen and oxygen atoms in total. The monoisotopic (exact) mass is 738 g/mol. The van der Waals surface area contributed by atoms with Crippen LogP contribution in [0.1, 0.15) is 43.5 Å². The molecule has 1 aliphatic heterocycles. The van der Waals surface area contributed by atoms with Crippen LogP contribution in [-0.2, 0) is 25.7 Å². The quantitative estimate of drug-likeness (QED) is 0.182. The van der Waals surface area contributed by atoms with Gasteiger partial charge in [0.15, 0.2) is 22.9 Å². The molecule has 1 aromatic heterocycles. The molecule has 0 unspecified atom stereocenters. The van der Waals surface area contributed by atoms with Gasteiger partial charge in [0.25, 0.3) is 5.56 Å². The molecule has 0 N–H and O–H groups in total. The Morgan fingerprint density at radius 1 is 0.979 bits per heavy atom. The highest BCUT2D eigenvalue weighted by atomic mass is 79.9. The van der Waals surface area contributed by atoms with E-state index in [9.17, 15) is 18.8 Å². The molecule has 5 rings (SSSR count). The van der Waals surface area contributed by atoms with E-state index in [4.69, 9.17) is 18.9 Å². The Bertz CT molecular complexity index is 2060. The van der Waals surface area contributed by atoms with Crippen molar-refractivity contribution in [3.05, 3.63) is 119 Å². The van der Waals surface area contributed by atoms with Crippen molar-refractivity contribution in [2.24, 2.45) is 4.99 Å². The Morgan fingerprint density at radius 3 is 2.42 bits per heavy atom. The van der Waals surface area contributed by atoms with Crippen molar-refractivity contribution in [1.82, 2.24) is 4.57 Å². The molecule has 13 heteroatoms. The number of halogens is 2. The van der Waals surface area contributed by atoms with Crippen molar-refractivity contribution in [3.63, 3.8) is 0 Å². The van der Waals surface area contributed by atoms with Crippen LogP contribution in [0, 0.1) is 5.82 Å². The highest BCUT2D eigenvalue weighted by molar-refractivity contribution is 9.10. The van der Waals surface area contributed by atoms with Crippen molar-refractivity contribution < 1.29 is 37.7 Å². The van der Waals surface area contributed by atoms with Gasteiger partial charge in [-0.05, 0) is 95.9 Å². The van der Waals surface area contributed by atoms with E-state index in [1.54, 1.807) is 63.2 Å². The Labute approximate surface area is 287 Å². The Kier molecular flexibility index (Phi) is 11.1. The Hall–Kier alpha value is -4.75. The number of methoxy groups -OCH3 is 1. The second-order valence-electron chi connectivity index (χ2n) is 10.4. The lowest BCUT2D eigenvalue weighted by molar-refractivity contribution is -0.143. The zero-order valence-corrected chi connectivity index (χ0v) is 29.0. The largest absolute Gasteiger partial charge is 0.490 e. The van der Waals surface area contributed by atoms with Gasteiger partial charge in [0.05, 0.1) is 46.6 Å². The van der Waals surface area contributed by atoms with Crippen molar-refractivity contribution in [2.45, 2.75) is 33.4 Å². The molecule has 0 bridgehead atoms. The van der Waals surface area contributed by atoms with Gasteiger partial charge in [-0.15, -0.1) is 0 Å². The molecule has 0 aliphatic carbocycles. The van der Waals surface area contributed by atoms with Gasteiger partial charge in [0.1, 0.15) is 18.2 Å². The Balaban J connectivity index is 1.54. The van der Waals surface area contributed by atoms with Gasteiger partial charge in [-0.25, -0.2) is 19.0 Å². The van der Waals surface area contributed by atoms with Gasteiger partial charge in [0.2, 0.25) is 0 Å². The molecule has 250 valence electrons. The van der Waals surface area contributed by atoms with Gasteiger partial charge in [-0.1, -0.05) is 35.6 Å². The zero-order chi connectivity index (χ0) is 34.4. The smallest absolute Gasteiger partial charge is 0.343 e. The zero-order valence-electron chi connectivity index (χ0n) is 26.6. The first-order chi connectivity index (χ1) is 23.1. The van der Waals surface area contributed by atoms with Crippen LogP contribution in [0.2, 0.25) is 0 Å². The molecule has 48 heavy (non-hydrogen) atoms. The molecule has 0 spiro atoms. The number of hydrogen-bond acceptors (Lipinski definition) is 10. The SMILES string of the molecule is CCOC(=O)C1=C(C)N=c2s/c(=C\c3ccc(OCc4ccc(F)cc4)c(Br)c3)c(=O)n2[C@@H]1c1ccc(OCC(=O)OC)c(OCC)c1. The summed E-state index contributed by atoms with van der Waals surface area (Å²) in [6, 6.07) is 15.6. The van der Waals surface area contributed by atoms with Crippen molar-refractivity contribution in [1.29, 1.82) is 0 Å². The van der Waals surface area contributed by atoms with E-state index in [-0.39, 0.29) is 36.8 Å². The minimum absolute atomic E-state index is 0.135. The molecule has 0 amide bonds. The third-order valence-electron chi connectivity index (χ3n) is 7.23. The number of thiazole rings is 1. The highest BCUT2D eigenvalue weighted by Gasteiger charge is 2.34. The van der Waals surface area contributed by atoms with Crippen molar-refractivity contribution in [3.8, 4) is 17.2 Å². The standard InChI is InChI=1S/C35H32BrFN2O8S/c1-5-44-28-17-23(10-14-27(28)47-19-30(40)43-4)32-31(34(42)45-6-2)20(3)38-35-39(32)33(41)29(48-35)16-22-9-13-26(25(36)15-22)46-18-21-7-11-24(37)12-8-21/h7-17,32H,5-6,18-19H2,1-4H3/b29-16-/t32-/m1/s1. The number of carbonyl (C=O) groups is 2. The molecular formula is C35H32BrFN2O8S. The lowest BCUT2D eigenvalue weighted by Crippen LogP contribution is -2.40. The van der Waals surface area contributed by atoms with Crippen LogP contribution in [0.5, 0.6) is 17.2 Å². The molecular weight excluding hydrogens is 707 g/mol. The molecule has 1 aliphatic rings. The normalized spacial score (nSPS) is 14.2. The van der Waals surface area contributed by atoms with Crippen molar-refractivity contribution >= 4 is 45.3 Å². The second-order valence-corrected chi connectivity index (χ2v) is 12.3. The maximum Gasteiger partial charge on any atom is 0.343 e. The van der Waals surface area contributed by atoms with Gasteiger partial charge in [-0.3, -0.25) is 9.36 Å². The van der Waals surface area contributed by atoms with Gasteiger partial charge in [-0.2, -0.15) is 0 Å². The van der Waals surface area contributed by atoms with Crippen LogP contribution >= 0.6 is 27.3 Å². The summed E-state index contributed by atoms with van der Waals surface area (Å²) in [5.41, 5.74) is 2.38. The second kappa shape index (κ2) is 15.4.